The molecule has 0 aromatic carbocycles. The summed E-state index contributed by atoms with van der Waals surface area (Å²) >= 11 is 0. The number of aromatic nitrogens is 2. The number of hydrogen-bond acceptors (Lipinski definition) is 2. The molecule has 0 aliphatic carbocycles. The van der Waals surface area contributed by atoms with E-state index >= 15 is 0 Å². The third-order valence-corrected chi connectivity index (χ3v) is 1.54. The van der Waals surface area contributed by atoms with Gasteiger partial charge in [0.1, 0.15) is 5.69 Å². The molecular weight excluding hydrogens is 168 g/mol. The van der Waals surface area contributed by atoms with Gasteiger partial charge < -0.3 is 5.11 Å². The first-order valence-corrected chi connectivity index (χ1v) is 3.93. The van der Waals surface area contributed by atoms with Crippen molar-refractivity contribution in [1.82, 2.24) is 9.78 Å². The smallest absolute Gasteiger partial charge is 0.354 e. The Kier molecular flexibility index (Phi) is 2.51. The fourth-order valence-electron chi connectivity index (χ4n) is 1.09. The Bertz CT molecular complexity index is 352. The SMILES string of the molecule is C=C(C)Cn1nc(C)cc1C(=O)O. The number of nitrogens with zero attached hydrogens (tertiary/aromatic N) is 2. The molecule has 0 aliphatic heterocycles. The second kappa shape index (κ2) is 3.43. The molecule has 0 saturated heterocycles. The third-order valence-electron chi connectivity index (χ3n) is 1.54. The van der Waals surface area contributed by atoms with Gasteiger partial charge in [-0.2, -0.15) is 5.10 Å². The first kappa shape index (κ1) is 9.51. The molecule has 13 heavy (non-hydrogen) atoms. The van der Waals surface area contributed by atoms with Gasteiger partial charge in [0, 0.05) is 0 Å². The topological polar surface area (TPSA) is 55.1 Å². The molecule has 1 rings (SSSR count). The maximum atomic E-state index is 10.7. The molecule has 1 aromatic rings. The zero-order chi connectivity index (χ0) is 10.0. The van der Waals surface area contributed by atoms with Crippen molar-refractivity contribution in [3.63, 3.8) is 0 Å². The van der Waals surface area contributed by atoms with Crippen LogP contribution in [0.3, 0.4) is 0 Å². The molecule has 0 bridgehead atoms. The highest BCUT2D eigenvalue weighted by Crippen LogP contribution is 2.05. The zero-order valence-electron chi connectivity index (χ0n) is 7.74. The Morgan fingerprint density at radius 3 is 2.85 bits per heavy atom. The highest BCUT2D eigenvalue weighted by Gasteiger charge is 2.11. The molecular formula is C9H12N2O2. The summed E-state index contributed by atoms with van der Waals surface area (Å²) in [5, 5.41) is 12.8. The van der Waals surface area contributed by atoms with E-state index in [1.165, 1.54) is 4.68 Å². The highest BCUT2D eigenvalue weighted by molar-refractivity contribution is 5.85. The fourth-order valence-corrected chi connectivity index (χ4v) is 1.09. The Balaban J connectivity index is 3.04. The molecule has 4 heteroatoms. The maximum Gasteiger partial charge on any atom is 0.354 e. The van der Waals surface area contributed by atoms with Crippen molar-refractivity contribution >= 4 is 5.97 Å². The number of carboxylic acids is 1. The van der Waals surface area contributed by atoms with Gasteiger partial charge in [0.05, 0.1) is 12.2 Å². The molecule has 1 aromatic heterocycles. The summed E-state index contributed by atoms with van der Waals surface area (Å²) in [6, 6.07) is 1.55. The Morgan fingerprint density at radius 1 is 1.77 bits per heavy atom. The van der Waals surface area contributed by atoms with Gasteiger partial charge in [-0.1, -0.05) is 12.2 Å². The number of carboxylic acid groups (broad SMARTS) is 1. The molecule has 0 atom stereocenters. The van der Waals surface area contributed by atoms with Crippen molar-refractivity contribution < 1.29 is 9.90 Å². The van der Waals surface area contributed by atoms with Crippen LogP contribution in [-0.4, -0.2) is 20.9 Å². The molecule has 70 valence electrons. The molecule has 0 spiro atoms. The summed E-state index contributed by atoms with van der Waals surface area (Å²) < 4.78 is 1.44. The van der Waals surface area contributed by atoms with E-state index in [0.717, 1.165) is 5.57 Å². The maximum absolute atomic E-state index is 10.7. The molecule has 0 unspecified atom stereocenters. The number of allylic oxidation sites excluding steroid dienone is 1. The largest absolute Gasteiger partial charge is 0.477 e. The van der Waals surface area contributed by atoms with Gasteiger partial charge >= 0.3 is 5.97 Å². The summed E-state index contributed by atoms with van der Waals surface area (Å²) in [7, 11) is 0. The number of rotatable bonds is 3. The van der Waals surface area contributed by atoms with Crippen LogP contribution in [0, 0.1) is 6.92 Å². The van der Waals surface area contributed by atoms with E-state index in [2.05, 4.69) is 11.7 Å². The molecule has 4 nitrogen and oxygen atoms in total. The predicted octanol–water partition coefficient (Wildman–Crippen LogP) is 1.47. The highest BCUT2D eigenvalue weighted by atomic mass is 16.4. The Hall–Kier alpha value is -1.58. The van der Waals surface area contributed by atoms with Crippen LogP contribution in [0.5, 0.6) is 0 Å². The van der Waals surface area contributed by atoms with Gasteiger partial charge in [0.15, 0.2) is 0 Å². The summed E-state index contributed by atoms with van der Waals surface area (Å²) in [6.07, 6.45) is 0. The lowest BCUT2D eigenvalue weighted by Gasteiger charge is -2.02. The number of aromatic carboxylic acids is 1. The normalized spacial score (nSPS) is 10.0. The summed E-state index contributed by atoms with van der Waals surface area (Å²) in [5.41, 5.74) is 1.80. The average molecular weight is 180 g/mol. The van der Waals surface area contributed by atoms with E-state index in [1.54, 1.807) is 13.0 Å². The van der Waals surface area contributed by atoms with Gasteiger partial charge in [-0.3, -0.25) is 4.68 Å². The Morgan fingerprint density at radius 2 is 2.38 bits per heavy atom. The minimum atomic E-state index is -0.957. The van der Waals surface area contributed by atoms with E-state index < -0.39 is 5.97 Å². The second-order valence-corrected chi connectivity index (χ2v) is 3.09. The van der Waals surface area contributed by atoms with Crippen LogP contribution in [0.25, 0.3) is 0 Å². The van der Waals surface area contributed by atoms with Gasteiger partial charge in [-0.25, -0.2) is 4.79 Å². The number of hydrogen-bond donors (Lipinski definition) is 1. The minimum absolute atomic E-state index is 0.209. The summed E-state index contributed by atoms with van der Waals surface area (Å²) in [5.74, 6) is -0.957. The molecule has 1 N–H and O–H groups in total. The van der Waals surface area contributed by atoms with Crippen molar-refractivity contribution in [2.24, 2.45) is 0 Å². The lowest BCUT2D eigenvalue weighted by Crippen LogP contribution is -2.10. The quantitative estimate of drug-likeness (QED) is 0.716. The first-order chi connectivity index (χ1) is 6.00. The second-order valence-electron chi connectivity index (χ2n) is 3.09. The monoisotopic (exact) mass is 180 g/mol. The van der Waals surface area contributed by atoms with Crippen molar-refractivity contribution in [3.8, 4) is 0 Å². The zero-order valence-corrected chi connectivity index (χ0v) is 7.74. The summed E-state index contributed by atoms with van der Waals surface area (Å²) in [6.45, 7) is 7.76. The summed E-state index contributed by atoms with van der Waals surface area (Å²) in [4.78, 5) is 10.7. The van der Waals surface area contributed by atoms with Crippen LogP contribution in [0.1, 0.15) is 23.1 Å². The van der Waals surface area contributed by atoms with E-state index in [1.807, 2.05) is 6.92 Å². The minimum Gasteiger partial charge on any atom is -0.477 e. The van der Waals surface area contributed by atoms with Crippen LogP contribution in [0.4, 0.5) is 0 Å². The van der Waals surface area contributed by atoms with Crippen molar-refractivity contribution in [2.45, 2.75) is 20.4 Å². The van der Waals surface area contributed by atoms with Crippen molar-refractivity contribution in [1.29, 1.82) is 0 Å². The molecule has 0 aliphatic rings. The van der Waals surface area contributed by atoms with Gasteiger partial charge in [0.2, 0.25) is 0 Å². The van der Waals surface area contributed by atoms with E-state index in [-0.39, 0.29) is 5.69 Å². The van der Waals surface area contributed by atoms with E-state index in [9.17, 15) is 4.79 Å². The average Bonchev–Trinajstić information content (AvgIpc) is 2.29. The van der Waals surface area contributed by atoms with Crippen LogP contribution < -0.4 is 0 Å². The van der Waals surface area contributed by atoms with E-state index in [4.69, 9.17) is 5.11 Å². The predicted molar refractivity (Wildman–Crippen MR) is 48.7 cm³/mol. The lowest BCUT2D eigenvalue weighted by atomic mass is 10.3. The van der Waals surface area contributed by atoms with Crippen molar-refractivity contribution in [3.05, 3.63) is 29.6 Å². The molecule has 1 heterocycles. The lowest BCUT2D eigenvalue weighted by molar-refractivity contribution is 0.0684. The molecule has 0 radical (unpaired) electrons. The fraction of sp³-hybridized carbons (Fsp3) is 0.333. The molecule has 0 fully saturated rings. The third kappa shape index (κ3) is 2.18. The number of aryl methyl sites for hydroxylation is 1. The standard InChI is InChI=1S/C9H12N2O2/c1-6(2)5-11-8(9(12)13)4-7(3)10-11/h4H,1,5H2,2-3H3,(H,12,13). The number of carbonyl (C=O) groups is 1. The van der Waals surface area contributed by atoms with Gasteiger partial charge in [-0.05, 0) is 19.9 Å². The van der Waals surface area contributed by atoms with E-state index in [0.29, 0.717) is 12.2 Å². The first-order valence-electron chi connectivity index (χ1n) is 3.93. The van der Waals surface area contributed by atoms with Crippen LogP contribution in [-0.2, 0) is 6.54 Å². The van der Waals surface area contributed by atoms with Crippen LogP contribution in [0.2, 0.25) is 0 Å². The van der Waals surface area contributed by atoms with Crippen LogP contribution in [0.15, 0.2) is 18.2 Å². The van der Waals surface area contributed by atoms with Crippen LogP contribution >= 0.6 is 0 Å². The Labute approximate surface area is 76.5 Å². The van der Waals surface area contributed by atoms with Gasteiger partial charge in [-0.15, -0.1) is 0 Å². The van der Waals surface area contributed by atoms with Crippen molar-refractivity contribution in [2.75, 3.05) is 0 Å². The molecule has 0 saturated carbocycles. The molecule has 0 amide bonds. The van der Waals surface area contributed by atoms with Gasteiger partial charge in [0.25, 0.3) is 0 Å².